The summed E-state index contributed by atoms with van der Waals surface area (Å²) in [4.78, 5) is 7.32. The van der Waals surface area contributed by atoms with E-state index < -0.39 is 7.15 Å². The van der Waals surface area contributed by atoms with E-state index in [1.54, 1.807) is 16.2 Å². The van der Waals surface area contributed by atoms with Crippen molar-refractivity contribution in [3.05, 3.63) is 74.5 Å². The Morgan fingerprint density at radius 3 is 1.47 bits per heavy atom. The molecular weight excluding hydrogens is 747 g/mol. The molecule has 0 aliphatic rings. The minimum atomic E-state index is -1.00. The molecule has 0 aliphatic heterocycles. The van der Waals surface area contributed by atoms with Crippen LogP contribution in [0, 0.1) is 6.92 Å². The van der Waals surface area contributed by atoms with Crippen molar-refractivity contribution in [3.63, 3.8) is 0 Å². The van der Waals surface area contributed by atoms with Gasteiger partial charge in [-0.2, -0.15) is 0 Å². The Bertz CT molecular complexity index is 1100. The normalized spacial score (nSPS) is 10.4. The van der Waals surface area contributed by atoms with Gasteiger partial charge in [-0.1, -0.05) is 52.4 Å². The van der Waals surface area contributed by atoms with Gasteiger partial charge >= 0.3 is 0 Å². The Balaban J connectivity index is 0.000000300. The SMILES string of the molecule is Brc1ccc(Br)s1.CCCCCCc1ccc(-c2ccc(Br)s2)s1.CCCCCCc1ccc(C)s1.[2H]CF. The number of rotatable bonds is 11. The van der Waals surface area contributed by atoms with Crippen molar-refractivity contribution in [2.75, 3.05) is 7.15 Å². The van der Waals surface area contributed by atoms with Crippen molar-refractivity contribution in [3.8, 4) is 9.75 Å². The summed E-state index contributed by atoms with van der Waals surface area (Å²) in [7, 11) is -1.00. The zero-order valence-corrected chi connectivity index (χ0v) is 30.6. The van der Waals surface area contributed by atoms with Crippen molar-refractivity contribution in [1.82, 2.24) is 0 Å². The number of alkyl halides is 1. The first kappa shape index (κ1) is 34.4. The lowest BCUT2D eigenvalue weighted by molar-refractivity contribution is 0.636. The first-order valence-electron chi connectivity index (χ1n) is 13.7. The summed E-state index contributed by atoms with van der Waals surface area (Å²) in [5.74, 6) is 0. The Morgan fingerprint density at radius 1 is 0.605 bits per heavy atom. The van der Waals surface area contributed by atoms with E-state index in [0.29, 0.717) is 0 Å². The fourth-order valence-electron chi connectivity index (χ4n) is 3.46. The molecule has 0 unspecified atom stereocenters. The van der Waals surface area contributed by atoms with E-state index in [4.69, 9.17) is 1.37 Å². The topological polar surface area (TPSA) is 0 Å². The molecule has 0 aliphatic carbocycles. The second-order valence-electron chi connectivity index (χ2n) is 8.55. The summed E-state index contributed by atoms with van der Waals surface area (Å²) in [6.07, 6.45) is 13.4. The maximum atomic E-state index is 9.96. The lowest BCUT2D eigenvalue weighted by Gasteiger charge is -1.96. The quantitative estimate of drug-likeness (QED) is 0.133. The zero-order chi connectivity index (χ0) is 28.9. The van der Waals surface area contributed by atoms with E-state index in [0.717, 1.165) is 0 Å². The largest absolute Gasteiger partial charge is 0.255 e. The molecule has 8 heteroatoms. The van der Waals surface area contributed by atoms with Gasteiger partial charge in [-0.15, -0.1) is 45.3 Å². The third-order valence-electron chi connectivity index (χ3n) is 5.37. The molecule has 4 aromatic heterocycles. The van der Waals surface area contributed by atoms with E-state index in [-0.39, 0.29) is 0 Å². The van der Waals surface area contributed by atoms with E-state index in [1.807, 2.05) is 46.1 Å². The van der Waals surface area contributed by atoms with E-state index in [1.165, 1.54) is 95.1 Å². The van der Waals surface area contributed by atoms with Crippen LogP contribution in [0.3, 0.4) is 0 Å². The molecule has 0 radical (unpaired) electrons. The third kappa shape index (κ3) is 16.4. The minimum absolute atomic E-state index is 1.00. The van der Waals surface area contributed by atoms with Crippen LogP contribution in [0.4, 0.5) is 4.39 Å². The van der Waals surface area contributed by atoms with Crippen LogP contribution in [0.25, 0.3) is 9.75 Å². The maximum absolute atomic E-state index is 9.96. The van der Waals surface area contributed by atoms with Crippen LogP contribution >= 0.6 is 93.1 Å². The van der Waals surface area contributed by atoms with Crippen LogP contribution in [-0.2, 0) is 12.8 Å². The first-order chi connectivity index (χ1) is 18.8. The standard InChI is InChI=1S/C14H17BrS2.C11H18S.C4H2Br2S.CH3F/c1-2-3-4-5-6-11-7-8-12(16-11)13-9-10-14(15)17-13;1-3-4-5-6-7-11-9-8-10(2)12-11;5-3-1-2-4(6)7-3;1-2/h7-10H,2-6H2,1H3;8-9H,3-7H2,1-2H3;1-2H;1H3/i;;;1D. The molecular formula is C30H40Br3FS4. The lowest BCUT2D eigenvalue weighted by Crippen LogP contribution is -1.80. The predicted octanol–water partition coefficient (Wildman–Crippen LogP) is 14.4. The van der Waals surface area contributed by atoms with Gasteiger partial charge in [0.05, 0.1) is 19.9 Å². The van der Waals surface area contributed by atoms with Crippen molar-refractivity contribution in [1.29, 1.82) is 0 Å². The van der Waals surface area contributed by atoms with Crippen molar-refractivity contribution < 1.29 is 5.76 Å². The summed E-state index contributed by atoms with van der Waals surface area (Å²) >= 11 is 17.5. The number of hydrogen-bond acceptors (Lipinski definition) is 4. The average molecular weight is 789 g/mol. The van der Waals surface area contributed by atoms with Crippen LogP contribution in [0.5, 0.6) is 0 Å². The van der Waals surface area contributed by atoms with Gasteiger partial charge in [0.15, 0.2) is 0 Å². The monoisotopic (exact) mass is 785 g/mol. The molecule has 0 aromatic carbocycles. The number of unbranched alkanes of at least 4 members (excludes halogenated alkanes) is 6. The molecule has 212 valence electrons. The highest BCUT2D eigenvalue weighted by Crippen LogP contribution is 2.36. The molecule has 0 nitrogen and oxygen atoms in total. The third-order valence-corrected chi connectivity index (χ3v) is 11.6. The van der Waals surface area contributed by atoms with Crippen LogP contribution in [0.15, 0.2) is 59.9 Å². The molecule has 4 heterocycles. The summed E-state index contributed by atoms with van der Waals surface area (Å²) < 4.78 is 19.0. The zero-order valence-electron chi connectivity index (χ0n) is 23.5. The summed E-state index contributed by atoms with van der Waals surface area (Å²) in [6, 6.07) is 17.4. The number of halogens is 4. The second kappa shape index (κ2) is 22.8. The molecule has 4 rings (SSSR count). The molecule has 0 spiro atoms. The Labute approximate surface area is 272 Å². The fourth-order valence-corrected chi connectivity index (χ4v) is 9.33. The van der Waals surface area contributed by atoms with Crippen molar-refractivity contribution >= 4 is 93.1 Å². The molecule has 0 amide bonds. The van der Waals surface area contributed by atoms with E-state index in [2.05, 4.69) is 105 Å². The molecule has 0 bridgehead atoms. The predicted molar refractivity (Wildman–Crippen MR) is 187 cm³/mol. The van der Waals surface area contributed by atoms with Crippen LogP contribution in [0.2, 0.25) is 0 Å². The minimum Gasteiger partial charge on any atom is -0.255 e. The molecule has 4 aromatic rings. The van der Waals surface area contributed by atoms with Gasteiger partial charge in [-0.05, 0) is 129 Å². The van der Waals surface area contributed by atoms with Crippen LogP contribution < -0.4 is 0 Å². The van der Waals surface area contributed by atoms with Crippen LogP contribution in [0.1, 0.15) is 81.2 Å². The van der Waals surface area contributed by atoms with Gasteiger partial charge < -0.3 is 0 Å². The van der Waals surface area contributed by atoms with Gasteiger partial charge in [-0.3, -0.25) is 4.39 Å². The smallest absolute Gasteiger partial charge is 0.0785 e. The molecule has 0 N–H and O–H groups in total. The Kier molecular flexibility index (Phi) is 20.6. The lowest BCUT2D eigenvalue weighted by atomic mass is 10.1. The van der Waals surface area contributed by atoms with Crippen molar-refractivity contribution in [2.45, 2.75) is 85.0 Å². The Morgan fingerprint density at radius 2 is 1.05 bits per heavy atom. The number of hydrogen-bond donors (Lipinski definition) is 0. The highest BCUT2D eigenvalue weighted by Gasteiger charge is 2.05. The van der Waals surface area contributed by atoms with E-state index in [9.17, 15) is 4.39 Å². The molecule has 0 saturated carbocycles. The van der Waals surface area contributed by atoms with Crippen LogP contribution in [-0.4, -0.2) is 7.15 Å². The maximum Gasteiger partial charge on any atom is 0.0785 e. The Hall–Kier alpha value is 0.170. The second-order valence-corrected chi connectivity index (χ2v) is 17.4. The highest BCUT2D eigenvalue weighted by atomic mass is 79.9. The fraction of sp³-hybridized carbons (Fsp3) is 0.467. The molecule has 0 fully saturated rings. The van der Waals surface area contributed by atoms with Gasteiger partial charge in [0, 0.05) is 24.4 Å². The molecule has 38 heavy (non-hydrogen) atoms. The van der Waals surface area contributed by atoms with Gasteiger partial charge in [-0.25, -0.2) is 0 Å². The van der Waals surface area contributed by atoms with Gasteiger partial charge in [0.25, 0.3) is 0 Å². The number of aryl methyl sites for hydroxylation is 3. The first-order valence-corrected chi connectivity index (χ1v) is 18.6. The van der Waals surface area contributed by atoms with E-state index >= 15 is 0 Å². The van der Waals surface area contributed by atoms with Gasteiger partial charge in [0.1, 0.15) is 0 Å². The summed E-state index contributed by atoms with van der Waals surface area (Å²) in [5.41, 5.74) is 0. The average Bonchev–Trinajstić information content (AvgIpc) is 3.71. The van der Waals surface area contributed by atoms with Gasteiger partial charge in [0.2, 0.25) is 0 Å². The summed E-state index contributed by atoms with van der Waals surface area (Å²) in [5, 5.41) is 0. The van der Waals surface area contributed by atoms with Crippen molar-refractivity contribution in [2.24, 2.45) is 0 Å². The molecule has 0 saturated heterocycles. The summed E-state index contributed by atoms with van der Waals surface area (Å²) in [6.45, 7) is 6.70. The highest BCUT2D eigenvalue weighted by molar-refractivity contribution is 9.12. The molecule has 0 atom stereocenters. The number of thiophene rings is 4.